The fourth-order valence-electron chi connectivity index (χ4n) is 4.13. The lowest BCUT2D eigenvalue weighted by Crippen LogP contribution is -2.37. The van der Waals surface area contributed by atoms with E-state index < -0.39 is 0 Å². The van der Waals surface area contributed by atoms with Crippen molar-refractivity contribution in [3.63, 3.8) is 0 Å². The zero-order chi connectivity index (χ0) is 22.5. The molecule has 164 valence electrons. The van der Waals surface area contributed by atoms with Gasteiger partial charge < -0.3 is 14.5 Å². The van der Waals surface area contributed by atoms with Gasteiger partial charge in [0.05, 0.1) is 13.0 Å². The third kappa shape index (κ3) is 4.83. The Hall–Kier alpha value is -3.60. The van der Waals surface area contributed by atoms with Crippen LogP contribution in [0.2, 0.25) is 0 Å². The predicted octanol–water partition coefficient (Wildman–Crippen LogP) is 4.14. The molecule has 3 aromatic rings. The number of amides is 2. The lowest BCUT2D eigenvalue weighted by atomic mass is 9.95. The molecule has 0 N–H and O–H groups in total. The fourth-order valence-corrected chi connectivity index (χ4v) is 4.13. The molecule has 0 saturated carbocycles. The summed E-state index contributed by atoms with van der Waals surface area (Å²) in [4.78, 5) is 29.5. The first-order chi connectivity index (χ1) is 15.5. The number of likely N-dealkylation sites (N-methyl/N-ethyl adjacent to an activating group) is 1. The number of methoxy groups -OCH3 is 1. The quantitative estimate of drug-likeness (QED) is 0.614. The minimum atomic E-state index is -0.262. The van der Waals surface area contributed by atoms with Gasteiger partial charge in [0.2, 0.25) is 5.91 Å². The third-order valence-electron chi connectivity index (χ3n) is 6.04. The maximum atomic E-state index is 13.0. The molecule has 1 saturated heterocycles. The molecule has 3 aromatic carbocycles. The molecule has 1 atom stereocenters. The number of nitrogens with zero attached hydrogens (tertiary/aromatic N) is 2. The van der Waals surface area contributed by atoms with Gasteiger partial charge in [-0.2, -0.15) is 0 Å². The van der Waals surface area contributed by atoms with E-state index in [1.807, 2.05) is 66.5 Å². The molecular weight excluding hydrogens is 400 g/mol. The Morgan fingerprint density at radius 1 is 0.906 bits per heavy atom. The summed E-state index contributed by atoms with van der Waals surface area (Å²) >= 11 is 0. The molecule has 1 aliphatic heterocycles. The molecule has 1 heterocycles. The van der Waals surface area contributed by atoms with Crippen LogP contribution in [-0.4, -0.2) is 55.4 Å². The van der Waals surface area contributed by atoms with Crippen molar-refractivity contribution >= 4 is 11.8 Å². The van der Waals surface area contributed by atoms with Crippen LogP contribution < -0.4 is 4.74 Å². The van der Waals surface area contributed by atoms with Gasteiger partial charge in [0, 0.05) is 32.2 Å². The van der Waals surface area contributed by atoms with Crippen molar-refractivity contribution in [1.82, 2.24) is 9.80 Å². The van der Waals surface area contributed by atoms with E-state index in [1.54, 1.807) is 12.0 Å². The third-order valence-corrected chi connectivity index (χ3v) is 6.04. The number of carbonyl (C=O) groups excluding carboxylic acids is 2. The van der Waals surface area contributed by atoms with Crippen LogP contribution in [0.1, 0.15) is 15.9 Å². The Morgan fingerprint density at radius 3 is 2.16 bits per heavy atom. The van der Waals surface area contributed by atoms with Crippen LogP contribution in [0.25, 0.3) is 11.1 Å². The number of carbonyl (C=O) groups is 2. The molecule has 0 bridgehead atoms. The maximum absolute atomic E-state index is 13.0. The Morgan fingerprint density at radius 2 is 1.53 bits per heavy atom. The van der Waals surface area contributed by atoms with E-state index in [2.05, 4.69) is 24.3 Å². The molecule has 0 aromatic heterocycles. The second kappa shape index (κ2) is 9.69. The first-order valence-electron chi connectivity index (χ1n) is 10.9. The van der Waals surface area contributed by atoms with Gasteiger partial charge in [-0.3, -0.25) is 9.59 Å². The average Bonchev–Trinajstić information content (AvgIpc) is 2.98. The normalized spacial score (nSPS) is 16.6. The SMILES string of the molecule is COc1ccc(-c2ccc(C[C@H]3CN(C(=O)c4ccccc4)CCN(C)C3=O)cc2)cc1. The van der Waals surface area contributed by atoms with Crippen LogP contribution in [-0.2, 0) is 11.2 Å². The standard InChI is InChI=1S/C27H28N2O3/c1-28-16-17-29(27(31)23-6-4-3-5-7-23)19-24(26(28)30)18-20-8-10-21(11-9-20)22-12-14-25(32-2)15-13-22/h3-15,24H,16-19H2,1-2H3/t24-/m0/s1. The zero-order valence-electron chi connectivity index (χ0n) is 18.5. The summed E-state index contributed by atoms with van der Waals surface area (Å²) in [6, 6.07) is 25.5. The molecule has 0 unspecified atom stereocenters. The van der Waals surface area contributed by atoms with Gasteiger partial charge in [0.1, 0.15) is 5.75 Å². The molecule has 1 fully saturated rings. The first-order valence-corrected chi connectivity index (χ1v) is 10.9. The molecule has 5 heteroatoms. The Bertz CT molecular complexity index is 1060. The monoisotopic (exact) mass is 428 g/mol. The van der Waals surface area contributed by atoms with E-state index in [-0.39, 0.29) is 17.7 Å². The van der Waals surface area contributed by atoms with E-state index >= 15 is 0 Å². The minimum absolute atomic E-state index is 0.0199. The van der Waals surface area contributed by atoms with Crippen molar-refractivity contribution in [3.8, 4) is 16.9 Å². The van der Waals surface area contributed by atoms with Gasteiger partial charge in [-0.05, 0) is 47.4 Å². The van der Waals surface area contributed by atoms with Crippen molar-refractivity contribution < 1.29 is 14.3 Å². The highest BCUT2D eigenvalue weighted by Gasteiger charge is 2.31. The maximum Gasteiger partial charge on any atom is 0.253 e. The van der Waals surface area contributed by atoms with Gasteiger partial charge in [-0.25, -0.2) is 0 Å². The smallest absolute Gasteiger partial charge is 0.253 e. The van der Waals surface area contributed by atoms with Gasteiger partial charge >= 0.3 is 0 Å². The van der Waals surface area contributed by atoms with Crippen molar-refractivity contribution in [2.45, 2.75) is 6.42 Å². The molecule has 2 amide bonds. The number of ether oxygens (including phenoxy) is 1. The first kappa shape index (κ1) is 21.6. The molecule has 4 rings (SSSR count). The Labute approximate surface area is 189 Å². The molecule has 0 radical (unpaired) electrons. The topological polar surface area (TPSA) is 49.9 Å². The van der Waals surface area contributed by atoms with Crippen LogP contribution in [0.3, 0.4) is 0 Å². The summed E-state index contributed by atoms with van der Waals surface area (Å²) in [6.07, 6.45) is 0.602. The second-order valence-electron chi connectivity index (χ2n) is 8.20. The molecule has 0 spiro atoms. The van der Waals surface area contributed by atoms with Crippen LogP contribution in [0, 0.1) is 5.92 Å². The average molecular weight is 429 g/mol. The number of hydrogen-bond donors (Lipinski definition) is 0. The van der Waals surface area contributed by atoms with Gasteiger partial charge in [-0.1, -0.05) is 54.6 Å². The second-order valence-corrected chi connectivity index (χ2v) is 8.20. The summed E-state index contributed by atoms with van der Waals surface area (Å²) in [5.74, 6) is 0.638. The van der Waals surface area contributed by atoms with Gasteiger partial charge in [0.15, 0.2) is 0 Å². The fraction of sp³-hybridized carbons (Fsp3) is 0.259. The van der Waals surface area contributed by atoms with E-state index in [4.69, 9.17) is 4.74 Å². The summed E-state index contributed by atoms with van der Waals surface area (Å²) in [5.41, 5.74) is 3.97. The number of hydrogen-bond acceptors (Lipinski definition) is 3. The van der Waals surface area contributed by atoms with Gasteiger partial charge in [0.25, 0.3) is 5.91 Å². The largest absolute Gasteiger partial charge is 0.497 e. The molecular formula is C27H28N2O3. The van der Waals surface area contributed by atoms with E-state index in [1.165, 1.54) is 0 Å². The van der Waals surface area contributed by atoms with Crippen LogP contribution >= 0.6 is 0 Å². The van der Waals surface area contributed by atoms with Crippen molar-refractivity contribution in [3.05, 3.63) is 90.0 Å². The highest BCUT2D eigenvalue weighted by atomic mass is 16.5. The lowest BCUT2D eigenvalue weighted by molar-refractivity contribution is -0.133. The summed E-state index contributed by atoms with van der Waals surface area (Å²) in [5, 5.41) is 0. The summed E-state index contributed by atoms with van der Waals surface area (Å²) in [6.45, 7) is 1.52. The molecule has 0 aliphatic carbocycles. The molecule has 5 nitrogen and oxygen atoms in total. The van der Waals surface area contributed by atoms with Crippen molar-refractivity contribution in [2.75, 3.05) is 33.8 Å². The van der Waals surface area contributed by atoms with Gasteiger partial charge in [-0.15, -0.1) is 0 Å². The van der Waals surface area contributed by atoms with Crippen LogP contribution in [0.4, 0.5) is 0 Å². The number of rotatable bonds is 5. The minimum Gasteiger partial charge on any atom is -0.497 e. The highest BCUT2D eigenvalue weighted by molar-refractivity contribution is 5.94. The van der Waals surface area contributed by atoms with Crippen molar-refractivity contribution in [1.29, 1.82) is 0 Å². The molecule has 32 heavy (non-hydrogen) atoms. The summed E-state index contributed by atoms with van der Waals surface area (Å²) < 4.78 is 5.23. The Kier molecular flexibility index (Phi) is 6.55. The molecule has 1 aliphatic rings. The van der Waals surface area contributed by atoms with Crippen molar-refractivity contribution in [2.24, 2.45) is 5.92 Å². The van der Waals surface area contributed by atoms with E-state index in [0.717, 1.165) is 22.4 Å². The van der Waals surface area contributed by atoms with E-state index in [0.29, 0.717) is 31.6 Å². The lowest BCUT2D eigenvalue weighted by Gasteiger charge is -2.23. The van der Waals surface area contributed by atoms with Crippen LogP contribution in [0.5, 0.6) is 5.75 Å². The van der Waals surface area contributed by atoms with E-state index in [9.17, 15) is 9.59 Å². The highest BCUT2D eigenvalue weighted by Crippen LogP contribution is 2.24. The number of benzene rings is 3. The Balaban J connectivity index is 1.49. The predicted molar refractivity (Wildman–Crippen MR) is 126 cm³/mol. The van der Waals surface area contributed by atoms with Crippen LogP contribution in [0.15, 0.2) is 78.9 Å². The summed E-state index contributed by atoms with van der Waals surface area (Å²) in [7, 11) is 3.48. The zero-order valence-corrected chi connectivity index (χ0v) is 18.5.